The molecule has 0 saturated heterocycles. The summed E-state index contributed by atoms with van der Waals surface area (Å²) >= 11 is 0. The van der Waals surface area contributed by atoms with Crippen molar-refractivity contribution in [3.05, 3.63) is 20.8 Å². The van der Waals surface area contributed by atoms with Crippen LogP contribution in [0.5, 0.6) is 0 Å². The SMILES string of the molecule is CCC(CC)(CN)CNc1nn(C)c(=O)n(C)c1=O. The number of hydrogen-bond acceptors (Lipinski definition) is 5. The van der Waals surface area contributed by atoms with E-state index >= 15 is 0 Å². The average molecular weight is 269 g/mol. The molecule has 1 heterocycles. The number of nitrogens with one attached hydrogen (secondary N) is 1. The minimum absolute atomic E-state index is 0.0542. The number of aryl methyl sites for hydroxylation is 1. The molecule has 108 valence electrons. The first-order valence-electron chi connectivity index (χ1n) is 6.49. The molecule has 0 aromatic carbocycles. The fourth-order valence-electron chi connectivity index (χ4n) is 1.94. The van der Waals surface area contributed by atoms with Gasteiger partial charge < -0.3 is 11.1 Å². The van der Waals surface area contributed by atoms with Gasteiger partial charge in [0.25, 0.3) is 5.56 Å². The van der Waals surface area contributed by atoms with Crippen LogP contribution in [0.25, 0.3) is 0 Å². The standard InChI is InChI=1S/C12H23N5O2/c1-5-12(6-2,7-13)8-14-9-10(18)16(3)11(19)17(4)15-9/h5-8,13H2,1-4H3,(H,14,15). The summed E-state index contributed by atoms with van der Waals surface area (Å²) in [5.74, 6) is 0.185. The van der Waals surface area contributed by atoms with E-state index in [2.05, 4.69) is 24.3 Å². The van der Waals surface area contributed by atoms with E-state index in [1.54, 1.807) is 0 Å². The highest BCUT2D eigenvalue weighted by molar-refractivity contribution is 5.30. The van der Waals surface area contributed by atoms with Gasteiger partial charge in [-0.3, -0.25) is 9.36 Å². The Kier molecular flexibility index (Phi) is 4.88. The van der Waals surface area contributed by atoms with Crippen molar-refractivity contribution in [1.82, 2.24) is 14.3 Å². The number of hydrogen-bond donors (Lipinski definition) is 2. The van der Waals surface area contributed by atoms with Crippen LogP contribution in [0.1, 0.15) is 26.7 Å². The second-order valence-corrected chi connectivity index (χ2v) is 4.88. The summed E-state index contributed by atoms with van der Waals surface area (Å²) in [4.78, 5) is 23.4. The zero-order chi connectivity index (χ0) is 14.6. The Labute approximate surface area is 112 Å². The highest BCUT2D eigenvalue weighted by Gasteiger charge is 2.24. The Morgan fingerprint density at radius 3 is 2.32 bits per heavy atom. The molecular formula is C12H23N5O2. The maximum atomic E-state index is 11.9. The Balaban J connectivity index is 3.02. The second-order valence-electron chi connectivity index (χ2n) is 4.88. The number of rotatable bonds is 6. The van der Waals surface area contributed by atoms with Crippen LogP contribution < -0.4 is 22.3 Å². The molecule has 0 aliphatic carbocycles. The quantitative estimate of drug-likeness (QED) is 0.736. The summed E-state index contributed by atoms with van der Waals surface area (Å²) in [6, 6.07) is 0. The summed E-state index contributed by atoms with van der Waals surface area (Å²) < 4.78 is 2.18. The largest absolute Gasteiger partial charge is 0.363 e. The van der Waals surface area contributed by atoms with Crippen molar-refractivity contribution in [3.8, 4) is 0 Å². The van der Waals surface area contributed by atoms with Crippen molar-refractivity contribution in [3.63, 3.8) is 0 Å². The lowest BCUT2D eigenvalue weighted by molar-refractivity contribution is 0.294. The van der Waals surface area contributed by atoms with Crippen molar-refractivity contribution in [2.75, 3.05) is 18.4 Å². The third kappa shape index (κ3) is 3.04. The molecule has 0 atom stereocenters. The van der Waals surface area contributed by atoms with Crippen LogP contribution in [0.2, 0.25) is 0 Å². The van der Waals surface area contributed by atoms with Gasteiger partial charge in [-0.1, -0.05) is 13.8 Å². The third-order valence-electron chi connectivity index (χ3n) is 3.88. The van der Waals surface area contributed by atoms with Crippen molar-refractivity contribution < 1.29 is 0 Å². The van der Waals surface area contributed by atoms with E-state index in [1.807, 2.05) is 0 Å². The topological polar surface area (TPSA) is 94.9 Å². The zero-order valence-electron chi connectivity index (χ0n) is 12.1. The summed E-state index contributed by atoms with van der Waals surface area (Å²) in [5.41, 5.74) is 4.91. The Morgan fingerprint density at radius 1 is 1.26 bits per heavy atom. The van der Waals surface area contributed by atoms with Gasteiger partial charge in [-0.05, 0) is 24.8 Å². The maximum Gasteiger partial charge on any atom is 0.346 e. The molecule has 3 N–H and O–H groups in total. The van der Waals surface area contributed by atoms with E-state index < -0.39 is 11.2 Å². The number of aromatic nitrogens is 3. The fraction of sp³-hybridized carbons (Fsp3) is 0.750. The highest BCUT2D eigenvalue weighted by Crippen LogP contribution is 2.24. The Hall–Kier alpha value is -1.63. The first kappa shape index (κ1) is 15.4. The molecule has 7 heteroatoms. The molecule has 0 amide bonds. The minimum Gasteiger partial charge on any atom is -0.363 e. The van der Waals surface area contributed by atoms with Crippen LogP contribution in [0, 0.1) is 5.41 Å². The number of nitrogens with zero attached hydrogens (tertiary/aromatic N) is 3. The van der Waals surface area contributed by atoms with Crippen LogP contribution in [0.4, 0.5) is 5.82 Å². The van der Waals surface area contributed by atoms with Crippen molar-refractivity contribution >= 4 is 5.82 Å². The van der Waals surface area contributed by atoms with Gasteiger partial charge in [0.2, 0.25) is 5.82 Å². The van der Waals surface area contributed by atoms with E-state index in [4.69, 9.17) is 5.73 Å². The van der Waals surface area contributed by atoms with Crippen LogP contribution in [0.3, 0.4) is 0 Å². The van der Waals surface area contributed by atoms with Gasteiger partial charge in [0, 0.05) is 20.6 Å². The van der Waals surface area contributed by atoms with Crippen LogP contribution in [-0.2, 0) is 14.1 Å². The predicted octanol–water partition coefficient (Wildman–Crippen LogP) is -0.344. The summed E-state index contributed by atoms with van der Waals surface area (Å²) in [6.07, 6.45) is 1.83. The second kappa shape index (κ2) is 6.01. The van der Waals surface area contributed by atoms with Crippen molar-refractivity contribution in [2.24, 2.45) is 25.2 Å². The third-order valence-corrected chi connectivity index (χ3v) is 3.88. The van der Waals surface area contributed by atoms with Crippen molar-refractivity contribution in [2.45, 2.75) is 26.7 Å². The monoisotopic (exact) mass is 269 g/mol. The van der Waals surface area contributed by atoms with E-state index in [0.717, 1.165) is 22.1 Å². The smallest absolute Gasteiger partial charge is 0.346 e. The predicted molar refractivity (Wildman–Crippen MR) is 75.3 cm³/mol. The Bertz CT molecular complexity index is 534. The molecule has 0 unspecified atom stereocenters. The summed E-state index contributed by atoms with van der Waals surface area (Å²) in [5, 5.41) is 6.99. The lowest BCUT2D eigenvalue weighted by Crippen LogP contribution is -2.42. The van der Waals surface area contributed by atoms with E-state index in [0.29, 0.717) is 13.1 Å². The van der Waals surface area contributed by atoms with Gasteiger partial charge >= 0.3 is 5.69 Å². The van der Waals surface area contributed by atoms with Gasteiger partial charge in [-0.15, -0.1) is 5.10 Å². The first-order valence-corrected chi connectivity index (χ1v) is 6.49. The molecule has 7 nitrogen and oxygen atoms in total. The molecule has 0 bridgehead atoms. The number of anilines is 1. The molecule has 0 aliphatic rings. The van der Waals surface area contributed by atoms with Gasteiger partial charge in [-0.2, -0.15) is 0 Å². The van der Waals surface area contributed by atoms with Crippen LogP contribution >= 0.6 is 0 Å². The van der Waals surface area contributed by atoms with Crippen LogP contribution in [-0.4, -0.2) is 27.4 Å². The summed E-state index contributed by atoms with van der Waals surface area (Å²) in [6.45, 7) is 5.25. The molecule has 1 aromatic rings. The molecular weight excluding hydrogens is 246 g/mol. The number of nitrogens with two attached hydrogens (primary N) is 1. The lowest BCUT2D eigenvalue weighted by atomic mass is 9.82. The normalized spacial score (nSPS) is 11.6. The van der Waals surface area contributed by atoms with E-state index in [1.165, 1.54) is 14.1 Å². The molecule has 1 rings (SSSR count). The maximum absolute atomic E-state index is 11.9. The van der Waals surface area contributed by atoms with Gasteiger partial charge in [0.05, 0.1) is 0 Å². The average Bonchev–Trinajstić information content (AvgIpc) is 2.43. The van der Waals surface area contributed by atoms with Crippen molar-refractivity contribution in [1.29, 1.82) is 0 Å². The molecule has 0 saturated carbocycles. The van der Waals surface area contributed by atoms with E-state index in [9.17, 15) is 9.59 Å². The molecule has 1 aromatic heterocycles. The Morgan fingerprint density at radius 2 is 1.84 bits per heavy atom. The van der Waals surface area contributed by atoms with Gasteiger partial charge in [-0.25, -0.2) is 9.48 Å². The molecule has 0 aliphatic heterocycles. The van der Waals surface area contributed by atoms with E-state index in [-0.39, 0.29) is 11.2 Å². The van der Waals surface area contributed by atoms with Gasteiger partial charge in [0.1, 0.15) is 0 Å². The van der Waals surface area contributed by atoms with Crippen LogP contribution in [0.15, 0.2) is 9.59 Å². The summed E-state index contributed by atoms with van der Waals surface area (Å²) in [7, 11) is 2.95. The zero-order valence-corrected chi connectivity index (χ0v) is 12.1. The fourth-order valence-corrected chi connectivity index (χ4v) is 1.94. The minimum atomic E-state index is -0.438. The lowest BCUT2D eigenvalue weighted by Gasteiger charge is -2.30. The first-order chi connectivity index (χ1) is 8.90. The molecule has 0 fully saturated rings. The molecule has 19 heavy (non-hydrogen) atoms. The highest BCUT2D eigenvalue weighted by atomic mass is 16.2. The molecule has 0 spiro atoms. The van der Waals surface area contributed by atoms with Gasteiger partial charge in [0.15, 0.2) is 0 Å². The molecule has 0 radical (unpaired) electrons.